The Balaban J connectivity index is 1.54. The molecular formula is C14H17NO2. The van der Waals surface area contributed by atoms with Gasteiger partial charge < -0.3 is 4.74 Å². The predicted molar refractivity (Wildman–Crippen MR) is 63.3 cm³/mol. The van der Waals surface area contributed by atoms with Crippen molar-refractivity contribution in [2.45, 2.75) is 38.2 Å². The Kier molecular flexibility index (Phi) is 2.83. The van der Waals surface area contributed by atoms with Gasteiger partial charge in [0, 0.05) is 12.4 Å². The van der Waals surface area contributed by atoms with E-state index in [4.69, 9.17) is 4.74 Å². The minimum atomic E-state index is -0.0891. The second kappa shape index (κ2) is 4.47. The van der Waals surface area contributed by atoms with E-state index < -0.39 is 0 Å². The Morgan fingerprint density at radius 2 is 2.12 bits per heavy atom. The number of rotatable bonds is 3. The van der Waals surface area contributed by atoms with Gasteiger partial charge in [-0.25, -0.2) is 0 Å². The Morgan fingerprint density at radius 3 is 2.76 bits per heavy atom. The van der Waals surface area contributed by atoms with Crippen LogP contribution in [0.25, 0.3) is 0 Å². The van der Waals surface area contributed by atoms with Crippen LogP contribution >= 0.6 is 0 Å². The van der Waals surface area contributed by atoms with Crippen molar-refractivity contribution in [1.82, 2.24) is 4.98 Å². The molecule has 0 aromatic carbocycles. The molecule has 3 atom stereocenters. The maximum atomic E-state index is 11.8. The first-order valence-corrected chi connectivity index (χ1v) is 6.39. The van der Waals surface area contributed by atoms with Crippen LogP contribution in [0.5, 0.6) is 0 Å². The molecule has 90 valence electrons. The molecule has 0 saturated heterocycles. The fourth-order valence-corrected chi connectivity index (χ4v) is 3.21. The van der Waals surface area contributed by atoms with Gasteiger partial charge in [0.05, 0.1) is 6.42 Å². The van der Waals surface area contributed by atoms with Crippen LogP contribution < -0.4 is 0 Å². The van der Waals surface area contributed by atoms with Crippen LogP contribution in [0.2, 0.25) is 0 Å². The van der Waals surface area contributed by atoms with Gasteiger partial charge in [-0.1, -0.05) is 0 Å². The molecule has 0 amide bonds. The third kappa shape index (κ3) is 2.33. The molecule has 2 aliphatic rings. The monoisotopic (exact) mass is 231 g/mol. The molecule has 0 radical (unpaired) electrons. The molecule has 17 heavy (non-hydrogen) atoms. The molecule has 2 fully saturated rings. The van der Waals surface area contributed by atoms with E-state index >= 15 is 0 Å². The number of carbonyl (C=O) groups excluding carboxylic acids is 1. The van der Waals surface area contributed by atoms with Crippen LogP contribution in [0.1, 0.15) is 31.2 Å². The first-order valence-electron chi connectivity index (χ1n) is 6.39. The lowest BCUT2D eigenvalue weighted by atomic mass is 9.98. The molecule has 1 aromatic heterocycles. The summed E-state index contributed by atoms with van der Waals surface area (Å²) < 4.78 is 5.59. The van der Waals surface area contributed by atoms with E-state index in [1.165, 1.54) is 19.3 Å². The van der Waals surface area contributed by atoms with Gasteiger partial charge >= 0.3 is 5.97 Å². The molecule has 2 saturated carbocycles. The molecule has 3 heteroatoms. The van der Waals surface area contributed by atoms with Crippen LogP contribution in [0.15, 0.2) is 24.5 Å². The lowest BCUT2D eigenvalue weighted by Gasteiger charge is -2.21. The fourth-order valence-electron chi connectivity index (χ4n) is 3.21. The Bertz CT molecular complexity index is 404. The van der Waals surface area contributed by atoms with Crippen molar-refractivity contribution < 1.29 is 9.53 Å². The molecule has 3 nitrogen and oxygen atoms in total. The van der Waals surface area contributed by atoms with Crippen molar-refractivity contribution in [2.75, 3.05) is 0 Å². The summed E-state index contributed by atoms with van der Waals surface area (Å²) in [5.41, 5.74) is 0.980. The number of pyridine rings is 1. The van der Waals surface area contributed by atoms with E-state index in [2.05, 4.69) is 4.98 Å². The number of nitrogens with zero attached hydrogens (tertiary/aromatic N) is 1. The topological polar surface area (TPSA) is 39.2 Å². The number of ether oxygens (including phenoxy) is 1. The highest BCUT2D eigenvalue weighted by molar-refractivity contribution is 5.72. The summed E-state index contributed by atoms with van der Waals surface area (Å²) in [7, 11) is 0. The fraction of sp³-hybridized carbons (Fsp3) is 0.571. The van der Waals surface area contributed by atoms with Gasteiger partial charge in [-0.05, 0) is 55.2 Å². The van der Waals surface area contributed by atoms with Crippen LogP contribution in [0, 0.1) is 11.8 Å². The van der Waals surface area contributed by atoms with Gasteiger partial charge in [-0.3, -0.25) is 9.78 Å². The number of hydrogen-bond acceptors (Lipinski definition) is 3. The van der Waals surface area contributed by atoms with E-state index in [0.717, 1.165) is 17.9 Å². The summed E-state index contributed by atoms with van der Waals surface area (Å²) in [6.45, 7) is 0. The Labute approximate surface area is 101 Å². The number of fused-ring (bicyclic) bond motifs is 2. The number of hydrogen-bond donors (Lipinski definition) is 0. The minimum Gasteiger partial charge on any atom is -0.462 e. The zero-order valence-corrected chi connectivity index (χ0v) is 9.84. The Hall–Kier alpha value is -1.38. The van der Waals surface area contributed by atoms with Crippen molar-refractivity contribution in [2.24, 2.45) is 11.8 Å². The lowest BCUT2D eigenvalue weighted by molar-refractivity contribution is -0.150. The second-order valence-corrected chi connectivity index (χ2v) is 5.24. The second-order valence-electron chi connectivity index (χ2n) is 5.24. The molecule has 2 aliphatic carbocycles. The largest absolute Gasteiger partial charge is 0.462 e. The summed E-state index contributed by atoms with van der Waals surface area (Å²) >= 11 is 0. The Morgan fingerprint density at radius 1 is 1.29 bits per heavy atom. The third-order valence-corrected chi connectivity index (χ3v) is 4.05. The predicted octanol–water partition coefficient (Wildman–Crippen LogP) is 2.36. The quantitative estimate of drug-likeness (QED) is 0.750. The normalized spacial score (nSPS) is 30.5. The van der Waals surface area contributed by atoms with E-state index in [1.807, 2.05) is 12.1 Å². The maximum Gasteiger partial charge on any atom is 0.310 e. The van der Waals surface area contributed by atoms with Gasteiger partial charge in [0.25, 0.3) is 0 Å². The zero-order chi connectivity index (χ0) is 11.7. The van der Waals surface area contributed by atoms with Gasteiger partial charge in [0.1, 0.15) is 6.10 Å². The zero-order valence-electron chi connectivity index (χ0n) is 9.84. The highest BCUT2D eigenvalue weighted by atomic mass is 16.5. The van der Waals surface area contributed by atoms with Crippen LogP contribution in [-0.2, 0) is 16.0 Å². The molecule has 0 spiro atoms. The average Bonchev–Trinajstić information content (AvgIpc) is 2.92. The first-order chi connectivity index (χ1) is 8.31. The molecule has 2 bridgehead atoms. The highest BCUT2D eigenvalue weighted by Gasteiger charge is 2.41. The van der Waals surface area contributed by atoms with Crippen LogP contribution in [0.3, 0.4) is 0 Å². The summed E-state index contributed by atoms with van der Waals surface area (Å²) in [4.78, 5) is 15.7. The standard InChI is InChI=1S/C14H17NO2/c16-14(9-10-3-5-15-6-4-10)17-13-8-11-1-2-12(13)7-11/h3-6,11-13H,1-2,7-9H2/t11-,12+,13-/m1/s1. The minimum absolute atomic E-state index is 0.0891. The van der Waals surface area contributed by atoms with Crippen molar-refractivity contribution in [3.63, 3.8) is 0 Å². The number of aromatic nitrogens is 1. The number of carbonyl (C=O) groups is 1. The van der Waals surface area contributed by atoms with Crippen LogP contribution in [0.4, 0.5) is 0 Å². The third-order valence-electron chi connectivity index (χ3n) is 4.05. The SMILES string of the molecule is O=C(Cc1ccncc1)O[C@@H]1C[C@@H]2CC[C@H]1C2. The molecule has 3 rings (SSSR count). The molecule has 1 heterocycles. The first kappa shape index (κ1) is 10.8. The molecule has 0 N–H and O–H groups in total. The van der Waals surface area contributed by atoms with E-state index in [9.17, 15) is 4.79 Å². The van der Waals surface area contributed by atoms with Gasteiger partial charge in [0.15, 0.2) is 0 Å². The average molecular weight is 231 g/mol. The van der Waals surface area contributed by atoms with Gasteiger partial charge in [-0.2, -0.15) is 0 Å². The lowest BCUT2D eigenvalue weighted by Crippen LogP contribution is -2.24. The summed E-state index contributed by atoms with van der Waals surface area (Å²) in [5, 5.41) is 0. The number of esters is 1. The summed E-state index contributed by atoms with van der Waals surface area (Å²) in [6, 6.07) is 3.73. The van der Waals surface area contributed by atoms with Gasteiger partial charge in [0.2, 0.25) is 0 Å². The molecule has 1 aromatic rings. The molecule has 0 aliphatic heterocycles. The van der Waals surface area contributed by atoms with Crippen molar-refractivity contribution in [1.29, 1.82) is 0 Å². The van der Waals surface area contributed by atoms with Crippen molar-refractivity contribution in [3.8, 4) is 0 Å². The van der Waals surface area contributed by atoms with Crippen molar-refractivity contribution in [3.05, 3.63) is 30.1 Å². The van der Waals surface area contributed by atoms with E-state index in [-0.39, 0.29) is 12.1 Å². The van der Waals surface area contributed by atoms with E-state index in [0.29, 0.717) is 12.3 Å². The molecule has 0 unspecified atom stereocenters. The molecular weight excluding hydrogens is 214 g/mol. The van der Waals surface area contributed by atoms with Crippen LogP contribution in [-0.4, -0.2) is 17.1 Å². The highest BCUT2D eigenvalue weighted by Crippen LogP contribution is 2.45. The summed E-state index contributed by atoms with van der Waals surface area (Å²) in [5.74, 6) is 1.37. The summed E-state index contributed by atoms with van der Waals surface area (Å²) in [6.07, 6.45) is 8.93. The smallest absolute Gasteiger partial charge is 0.310 e. The van der Waals surface area contributed by atoms with Gasteiger partial charge in [-0.15, -0.1) is 0 Å². The van der Waals surface area contributed by atoms with Crippen molar-refractivity contribution >= 4 is 5.97 Å². The maximum absolute atomic E-state index is 11.8. The van der Waals surface area contributed by atoms with E-state index in [1.54, 1.807) is 12.4 Å².